The zero-order valence-electron chi connectivity index (χ0n) is 11.4. The van der Waals surface area contributed by atoms with Crippen molar-refractivity contribution in [1.82, 2.24) is 14.8 Å². The van der Waals surface area contributed by atoms with E-state index in [1.54, 1.807) is 0 Å². The van der Waals surface area contributed by atoms with E-state index in [1.807, 2.05) is 0 Å². The molecule has 0 bridgehead atoms. The van der Waals surface area contributed by atoms with E-state index in [2.05, 4.69) is 21.7 Å². The Bertz CT molecular complexity index is 415. The Morgan fingerprint density at radius 2 is 1.89 bits per heavy atom. The molecule has 1 aromatic heterocycles. The molecule has 0 amide bonds. The van der Waals surface area contributed by atoms with Crippen LogP contribution in [0.25, 0.3) is 0 Å². The first-order valence-electron chi connectivity index (χ1n) is 7.40. The quantitative estimate of drug-likeness (QED) is 0.776. The van der Waals surface area contributed by atoms with Crippen LogP contribution in [0.4, 0.5) is 0 Å². The molecule has 4 heteroatoms. The summed E-state index contributed by atoms with van der Waals surface area (Å²) in [5.74, 6) is 2.95. The fourth-order valence-electron chi connectivity index (χ4n) is 3.44. The average Bonchev–Trinajstić information content (AvgIpc) is 2.65. The van der Waals surface area contributed by atoms with Gasteiger partial charge in [0.15, 0.2) is 5.82 Å². The molecule has 4 nitrogen and oxygen atoms in total. The number of rotatable bonds is 1. The third-order valence-electron chi connectivity index (χ3n) is 4.65. The monoisotopic (exact) mass is 248 g/mol. The highest BCUT2D eigenvalue weighted by molar-refractivity contribution is 5.11. The summed E-state index contributed by atoms with van der Waals surface area (Å²) in [6.07, 6.45) is 9.52. The summed E-state index contributed by atoms with van der Waals surface area (Å²) in [6, 6.07) is 0. The summed E-state index contributed by atoms with van der Waals surface area (Å²) in [5, 5.41) is 8.85. The number of nitrogens with zero attached hydrogens (tertiary/aromatic N) is 3. The molecule has 18 heavy (non-hydrogen) atoms. The molecule has 1 fully saturated rings. The van der Waals surface area contributed by atoms with E-state index in [9.17, 15) is 0 Å². The number of nitrogens with two attached hydrogens (primary N) is 1. The van der Waals surface area contributed by atoms with Gasteiger partial charge in [-0.25, -0.2) is 0 Å². The highest BCUT2D eigenvalue weighted by atomic mass is 15.3. The minimum atomic E-state index is -0.220. The highest BCUT2D eigenvalue weighted by Gasteiger charge is 2.35. The first kappa shape index (κ1) is 12.2. The van der Waals surface area contributed by atoms with Crippen LogP contribution in [0.3, 0.4) is 0 Å². The second-order valence-electron chi connectivity index (χ2n) is 6.26. The van der Waals surface area contributed by atoms with E-state index in [4.69, 9.17) is 5.73 Å². The van der Waals surface area contributed by atoms with Gasteiger partial charge in [-0.3, -0.25) is 0 Å². The van der Waals surface area contributed by atoms with Gasteiger partial charge >= 0.3 is 0 Å². The van der Waals surface area contributed by atoms with E-state index >= 15 is 0 Å². The number of fused-ring (bicyclic) bond motifs is 1. The highest BCUT2D eigenvalue weighted by Crippen LogP contribution is 2.34. The van der Waals surface area contributed by atoms with Gasteiger partial charge in [-0.15, -0.1) is 10.2 Å². The number of aromatic nitrogens is 3. The summed E-state index contributed by atoms with van der Waals surface area (Å²) < 4.78 is 2.31. The molecule has 2 heterocycles. The Hall–Kier alpha value is -0.900. The largest absolute Gasteiger partial charge is 0.319 e. The smallest absolute Gasteiger partial charge is 0.153 e. The lowest BCUT2D eigenvalue weighted by Crippen LogP contribution is -2.40. The fourth-order valence-corrected chi connectivity index (χ4v) is 3.44. The lowest BCUT2D eigenvalue weighted by Gasteiger charge is -2.29. The molecule has 3 rings (SSSR count). The predicted octanol–water partition coefficient (Wildman–Crippen LogP) is 2.37. The molecule has 2 aliphatic rings. The van der Waals surface area contributed by atoms with Gasteiger partial charge in [-0.05, 0) is 25.2 Å². The molecule has 1 aromatic rings. The van der Waals surface area contributed by atoms with Crippen LogP contribution >= 0.6 is 0 Å². The molecular weight excluding hydrogens is 224 g/mol. The van der Waals surface area contributed by atoms with Crippen molar-refractivity contribution < 1.29 is 0 Å². The summed E-state index contributed by atoms with van der Waals surface area (Å²) in [4.78, 5) is 0. The maximum absolute atomic E-state index is 6.66. The lowest BCUT2D eigenvalue weighted by molar-refractivity contribution is 0.324. The van der Waals surface area contributed by atoms with E-state index in [0.717, 1.165) is 43.4 Å². The average molecular weight is 248 g/mol. The first-order valence-corrected chi connectivity index (χ1v) is 7.40. The topological polar surface area (TPSA) is 56.7 Å². The van der Waals surface area contributed by atoms with Gasteiger partial charge in [0, 0.05) is 13.0 Å². The molecule has 0 spiro atoms. The third kappa shape index (κ3) is 2.07. The van der Waals surface area contributed by atoms with E-state index in [1.165, 1.54) is 32.1 Å². The third-order valence-corrected chi connectivity index (χ3v) is 4.65. The van der Waals surface area contributed by atoms with Gasteiger partial charge in [0.1, 0.15) is 5.82 Å². The zero-order chi connectivity index (χ0) is 12.6. The van der Waals surface area contributed by atoms with Gasteiger partial charge in [-0.2, -0.15) is 0 Å². The van der Waals surface area contributed by atoms with Crippen LogP contribution < -0.4 is 5.73 Å². The van der Waals surface area contributed by atoms with Crippen molar-refractivity contribution in [3.63, 3.8) is 0 Å². The Morgan fingerprint density at radius 1 is 1.17 bits per heavy atom. The van der Waals surface area contributed by atoms with Gasteiger partial charge in [-0.1, -0.05) is 32.6 Å². The minimum Gasteiger partial charge on any atom is -0.319 e. The van der Waals surface area contributed by atoms with Crippen molar-refractivity contribution in [1.29, 1.82) is 0 Å². The normalized spacial score (nSPS) is 27.6. The Balaban J connectivity index is 1.91. The maximum atomic E-state index is 6.66. The molecule has 1 aliphatic carbocycles. The van der Waals surface area contributed by atoms with Crippen LogP contribution in [0.2, 0.25) is 0 Å². The molecule has 1 aliphatic heterocycles. The molecule has 2 N–H and O–H groups in total. The van der Waals surface area contributed by atoms with Crippen LogP contribution in [-0.2, 0) is 18.5 Å². The van der Waals surface area contributed by atoms with Crippen LogP contribution in [0.5, 0.6) is 0 Å². The standard InChI is InChI=1S/C14H24N4/c1-11-6-9-18-12(10-11)16-17-13(18)14(15)7-4-2-3-5-8-14/h11H,2-10,15H2,1H3. The lowest BCUT2D eigenvalue weighted by atomic mass is 9.89. The molecule has 0 aromatic carbocycles. The Kier molecular flexibility index (Phi) is 3.14. The number of hydrogen-bond acceptors (Lipinski definition) is 3. The van der Waals surface area contributed by atoms with E-state index in [0.29, 0.717) is 0 Å². The van der Waals surface area contributed by atoms with Gasteiger partial charge in [0.2, 0.25) is 0 Å². The van der Waals surface area contributed by atoms with E-state index < -0.39 is 0 Å². The number of hydrogen-bond donors (Lipinski definition) is 1. The SMILES string of the molecule is CC1CCn2c(nnc2C2(N)CCCCCC2)C1. The molecule has 1 saturated carbocycles. The van der Waals surface area contributed by atoms with Crippen molar-refractivity contribution >= 4 is 0 Å². The van der Waals surface area contributed by atoms with Crippen LogP contribution in [-0.4, -0.2) is 14.8 Å². The summed E-state index contributed by atoms with van der Waals surface area (Å²) in [7, 11) is 0. The maximum Gasteiger partial charge on any atom is 0.153 e. The van der Waals surface area contributed by atoms with Crippen LogP contribution in [0.15, 0.2) is 0 Å². The van der Waals surface area contributed by atoms with Gasteiger partial charge in [0.25, 0.3) is 0 Å². The molecule has 1 unspecified atom stereocenters. The first-order chi connectivity index (χ1) is 8.69. The van der Waals surface area contributed by atoms with Crippen molar-refractivity contribution in [3.05, 3.63) is 11.6 Å². The second kappa shape index (κ2) is 4.65. The fraction of sp³-hybridized carbons (Fsp3) is 0.857. The Labute approximate surface area is 109 Å². The zero-order valence-corrected chi connectivity index (χ0v) is 11.4. The van der Waals surface area contributed by atoms with Crippen LogP contribution in [0, 0.1) is 5.92 Å². The molecule has 0 saturated heterocycles. The van der Waals surface area contributed by atoms with Gasteiger partial charge in [0.05, 0.1) is 5.54 Å². The molecule has 100 valence electrons. The van der Waals surface area contributed by atoms with E-state index in [-0.39, 0.29) is 5.54 Å². The summed E-state index contributed by atoms with van der Waals surface area (Å²) in [6.45, 7) is 3.35. The van der Waals surface area contributed by atoms with Crippen molar-refractivity contribution in [3.8, 4) is 0 Å². The summed E-state index contributed by atoms with van der Waals surface area (Å²) >= 11 is 0. The van der Waals surface area contributed by atoms with Gasteiger partial charge < -0.3 is 10.3 Å². The summed E-state index contributed by atoms with van der Waals surface area (Å²) in [5.41, 5.74) is 6.44. The second-order valence-corrected chi connectivity index (χ2v) is 6.26. The molecule has 1 atom stereocenters. The molecular formula is C14H24N4. The Morgan fingerprint density at radius 3 is 2.61 bits per heavy atom. The van der Waals surface area contributed by atoms with Crippen molar-refractivity contribution in [2.24, 2.45) is 11.7 Å². The minimum absolute atomic E-state index is 0.220. The van der Waals surface area contributed by atoms with Crippen molar-refractivity contribution in [2.45, 2.75) is 70.4 Å². The van der Waals surface area contributed by atoms with Crippen molar-refractivity contribution in [2.75, 3.05) is 0 Å². The molecule has 0 radical (unpaired) electrons. The van der Waals surface area contributed by atoms with Crippen LogP contribution in [0.1, 0.15) is 63.5 Å². The predicted molar refractivity (Wildman–Crippen MR) is 71.1 cm³/mol.